The number of ether oxygens (including phenoxy) is 1. The van der Waals surface area contributed by atoms with Crippen molar-refractivity contribution in [3.63, 3.8) is 0 Å². The number of carbonyl (C=O) groups excluding carboxylic acids is 2. The average molecular weight is 1030 g/mol. The molecule has 0 heterocycles. The van der Waals surface area contributed by atoms with E-state index in [1.807, 2.05) is 6.08 Å². The summed E-state index contributed by atoms with van der Waals surface area (Å²) in [6, 6.07) is -0.630. The van der Waals surface area contributed by atoms with Gasteiger partial charge in [-0.3, -0.25) is 9.59 Å². The van der Waals surface area contributed by atoms with Crippen molar-refractivity contribution in [1.29, 1.82) is 0 Å². The third-order valence-corrected chi connectivity index (χ3v) is 15.8. The fraction of sp³-hybridized carbons (Fsp3) is 0.940. The predicted molar refractivity (Wildman–Crippen MR) is 320 cm³/mol. The summed E-state index contributed by atoms with van der Waals surface area (Å²) >= 11 is 0. The molecule has 0 aliphatic rings. The van der Waals surface area contributed by atoms with Crippen molar-refractivity contribution in [3.05, 3.63) is 12.2 Å². The molecule has 0 rings (SSSR count). The molecule has 2 atom stereocenters. The summed E-state index contributed by atoms with van der Waals surface area (Å²) in [5, 5.41) is 23.2. The first-order valence-electron chi connectivity index (χ1n) is 33.5. The van der Waals surface area contributed by atoms with Gasteiger partial charge in [-0.1, -0.05) is 347 Å². The van der Waals surface area contributed by atoms with Crippen LogP contribution >= 0.6 is 0 Å². The summed E-state index contributed by atoms with van der Waals surface area (Å²) < 4.78 is 5.51. The molecular weight excluding hydrogens is 899 g/mol. The van der Waals surface area contributed by atoms with E-state index in [9.17, 15) is 19.8 Å². The van der Waals surface area contributed by atoms with Gasteiger partial charge in [0.25, 0.3) is 0 Å². The normalized spacial score (nSPS) is 12.5. The quantitative estimate of drug-likeness (QED) is 0.0320. The molecule has 0 aliphatic heterocycles. The lowest BCUT2D eigenvalue weighted by Crippen LogP contribution is -2.45. The molecule has 0 saturated heterocycles. The van der Waals surface area contributed by atoms with Gasteiger partial charge < -0.3 is 20.3 Å². The van der Waals surface area contributed by atoms with E-state index < -0.39 is 12.1 Å². The Balaban J connectivity index is 3.39. The number of esters is 1. The van der Waals surface area contributed by atoms with Crippen molar-refractivity contribution < 1.29 is 24.5 Å². The van der Waals surface area contributed by atoms with Gasteiger partial charge in [-0.15, -0.1) is 0 Å². The van der Waals surface area contributed by atoms with E-state index in [0.717, 1.165) is 38.5 Å². The lowest BCUT2D eigenvalue weighted by molar-refractivity contribution is -0.143. The first-order chi connectivity index (χ1) is 36.0. The summed E-state index contributed by atoms with van der Waals surface area (Å²) in [7, 11) is 0. The van der Waals surface area contributed by atoms with Crippen molar-refractivity contribution in [2.45, 2.75) is 392 Å². The van der Waals surface area contributed by atoms with Crippen molar-refractivity contribution in [2.75, 3.05) is 13.2 Å². The molecule has 434 valence electrons. The van der Waals surface area contributed by atoms with Crippen LogP contribution in [-0.2, 0) is 14.3 Å². The second kappa shape index (κ2) is 63.1. The van der Waals surface area contributed by atoms with Crippen molar-refractivity contribution in [1.82, 2.24) is 5.32 Å². The number of rotatable bonds is 63. The SMILES string of the molecule is CCCCCCCCCCCCCCCCCC/C=C/C(O)C(CO)NC(=O)CCCCCCCCCCCCCCCCCCCCCOC(=O)CCCCCCCCCCCCCCCCCCCCC. The Bertz CT molecular complexity index is 1100. The highest BCUT2D eigenvalue weighted by Gasteiger charge is 2.18. The minimum Gasteiger partial charge on any atom is -0.466 e. The van der Waals surface area contributed by atoms with Gasteiger partial charge in [0.1, 0.15) is 0 Å². The lowest BCUT2D eigenvalue weighted by Gasteiger charge is -2.20. The number of nitrogens with one attached hydrogen (secondary N) is 1. The van der Waals surface area contributed by atoms with Gasteiger partial charge in [0.15, 0.2) is 0 Å². The Hall–Kier alpha value is -1.40. The van der Waals surface area contributed by atoms with Crippen LogP contribution in [0.4, 0.5) is 0 Å². The van der Waals surface area contributed by atoms with Crippen molar-refractivity contribution in [3.8, 4) is 0 Å². The topological polar surface area (TPSA) is 95.9 Å². The molecule has 0 aromatic carbocycles. The second-order valence-corrected chi connectivity index (χ2v) is 23.2. The molecule has 0 aromatic rings. The largest absolute Gasteiger partial charge is 0.466 e. The van der Waals surface area contributed by atoms with Crippen molar-refractivity contribution >= 4 is 11.9 Å². The number of hydrogen-bond donors (Lipinski definition) is 3. The van der Waals surface area contributed by atoms with E-state index in [4.69, 9.17) is 4.74 Å². The Morgan fingerprint density at radius 1 is 0.370 bits per heavy atom. The van der Waals surface area contributed by atoms with E-state index in [2.05, 4.69) is 19.2 Å². The summed E-state index contributed by atoms with van der Waals surface area (Å²) in [6.07, 6.45) is 76.9. The molecule has 6 nitrogen and oxygen atoms in total. The number of hydrogen-bond acceptors (Lipinski definition) is 5. The molecule has 0 bridgehead atoms. The lowest BCUT2D eigenvalue weighted by atomic mass is 10.0. The first kappa shape index (κ1) is 71.6. The predicted octanol–water partition coefficient (Wildman–Crippen LogP) is 21.2. The highest BCUT2D eigenvalue weighted by atomic mass is 16.5. The minimum atomic E-state index is -0.846. The summed E-state index contributed by atoms with van der Waals surface area (Å²) in [6.45, 7) is 4.94. The first-order valence-corrected chi connectivity index (χ1v) is 33.5. The Morgan fingerprint density at radius 3 is 0.932 bits per heavy atom. The van der Waals surface area contributed by atoms with Gasteiger partial charge in [-0.2, -0.15) is 0 Å². The van der Waals surface area contributed by atoms with Crippen molar-refractivity contribution in [2.24, 2.45) is 0 Å². The maximum atomic E-state index is 12.5. The molecule has 0 aliphatic carbocycles. The van der Waals surface area contributed by atoms with E-state index in [0.29, 0.717) is 19.4 Å². The molecule has 0 aromatic heterocycles. The summed E-state index contributed by atoms with van der Waals surface area (Å²) in [4.78, 5) is 24.6. The maximum absolute atomic E-state index is 12.5. The fourth-order valence-electron chi connectivity index (χ4n) is 10.7. The third kappa shape index (κ3) is 59.7. The summed E-state index contributed by atoms with van der Waals surface area (Å²) in [5.41, 5.74) is 0. The zero-order chi connectivity index (χ0) is 52.9. The van der Waals surface area contributed by atoms with Gasteiger partial charge in [0.05, 0.1) is 25.4 Å². The van der Waals surface area contributed by atoms with Crippen LogP contribution in [-0.4, -0.2) is 47.4 Å². The number of aliphatic hydroxyl groups is 2. The minimum absolute atomic E-state index is 0.0141. The van der Waals surface area contributed by atoms with E-state index in [-0.39, 0.29) is 18.5 Å². The fourth-order valence-corrected chi connectivity index (χ4v) is 10.7. The molecule has 1 amide bonds. The van der Waals surface area contributed by atoms with Gasteiger partial charge in [0, 0.05) is 12.8 Å². The van der Waals surface area contributed by atoms with Gasteiger partial charge in [-0.25, -0.2) is 0 Å². The monoisotopic (exact) mass is 1030 g/mol. The standard InChI is InChI=1S/C67H131NO5/c1-3-5-7-9-11-13-15-17-19-21-24-29-33-37-41-45-49-53-57-61-67(72)73-62-58-54-50-46-42-38-34-30-26-23-25-28-32-36-40-44-48-52-56-60-66(71)68-64(63-69)65(70)59-55-51-47-43-39-35-31-27-22-20-18-16-14-12-10-8-6-4-2/h55,59,64-65,69-70H,3-54,56-58,60-63H2,1-2H3,(H,68,71)/b59-55+. The molecule has 0 spiro atoms. The summed E-state index contributed by atoms with van der Waals surface area (Å²) in [5.74, 6) is -0.0529. The Kier molecular flexibility index (Phi) is 61.9. The van der Waals surface area contributed by atoms with Crippen LogP contribution in [0.2, 0.25) is 0 Å². The van der Waals surface area contributed by atoms with E-state index in [1.54, 1.807) is 6.08 Å². The average Bonchev–Trinajstić information content (AvgIpc) is 3.39. The molecule has 6 heteroatoms. The van der Waals surface area contributed by atoms with Crippen LogP contribution in [0, 0.1) is 0 Å². The van der Waals surface area contributed by atoms with Crippen LogP contribution in [0.3, 0.4) is 0 Å². The van der Waals surface area contributed by atoms with Gasteiger partial charge in [-0.05, 0) is 32.1 Å². The van der Waals surface area contributed by atoms with Crippen LogP contribution in [0.15, 0.2) is 12.2 Å². The zero-order valence-corrected chi connectivity index (χ0v) is 49.6. The highest BCUT2D eigenvalue weighted by molar-refractivity contribution is 5.76. The van der Waals surface area contributed by atoms with Crippen LogP contribution in [0.5, 0.6) is 0 Å². The van der Waals surface area contributed by atoms with Gasteiger partial charge >= 0.3 is 5.97 Å². The number of carbonyl (C=O) groups is 2. The van der Waals surface area contributed by atoms with Crippen LogP contribution < -0.4 is 5.32 Å². The smallest absolute Gasteiger partial charge is 0.305 e. The van der Waals surface area contributed by atoms with E-state index in [1.165, 1.54) is 315 Å². The number of unbranched alkanes of at least 4 members (excludes halogenated alkanes) is 52. The number of allylic oxidation sites excluding steroid dienone is 1. The van der Waals surface area contributed by atoms with E-state index >= 15 is 0 Å². The second-order valence-electron chi connectivity index (χ2n) is 23.2. The number of aliphatic hydroxyl groups excluding tert-OH is 2. The molecule has 0 fully saturated rings. The Morgan fingerprint density at radius 2 is 0.630 bits per heavy atom. The molecular formula is C67H131NO5. The molecule has 73 heavy (non-hydrogen) atoms. The molecule has 0 saturated carbocycles. The number of amides is 1. The molecule has 2 unspecified atom stereocenters. The maximum Gasteiger partial charge on any atom is 0.305 e. The molecule has 0 radical (unpaired) electrons. The van der Waals surface area contributed by atoms with Crippen LogP contribution in [0.1, 0.15) is 380 Å². The van der Waals surface area contributed by atoms with Crippen LogP contribution in [0.25, 0.3) is 0 Å². The zero-order valence-electron chi connectivity index (χ0n) is 49.6. The highest BCUT2D eigenvalue weighted by Crippen LogP contribution is 2.19. The Labute approximate surface area is 457 Å². The third-order valence-electron chi connectivity index (χ3n) is 15.8. The van der Waals surface area contributed by atoms with Gasteiger partial charge in [0.2, 0.25) is 5.91 Å². The molecule has 3 N–H and O–H groups in total.